The lowest BCUT2D eigenvalue weighted by molar-refractivity contribution is 0.338. The zero-order chi connectivity index (χ0) is 13.8. The predicted octanol–water partition coefficient (Wildman–Crippen LogP) is 4.18. The van der Waals surface area contributed by atoms with E-state index in [1.807, 2.05) is 19.1 Å². The van der Waals surface area contributed by atoms with Crippen molar-refractivity contribution in [3.63, 3.8) is 0 Å². The molecule has 0 amide bonds. The molecule has 1 aliphatic rings. The molecule has 1 saturated carbocycles. The van der Waals surface area contributed by atoms with Crippen molar-refractivity contribution in [3.05, 3.63) is 21.6 Å². The second-order valence-corrected chi connectivity index (χ2v) is 6.26. The molecule has 0 aromatic heterocycles. The maximum absolute atomic E-state index is 6.12. The Hall–Kier alpha value is -0.450. The van der Waals surface area contributed by atoms with E-state index >= 15 is 0 Å². The molecule has 3 nitrogen and oxygen atoms in total. The van der Waals surface area contributed by atoms with Gasteiger partial charge in [-0.1, -0.05) is 11.6 Å². The summed E-state index contributed by atoms with van der Waals surface area (Å²) in [5, 5.41) is 4.22. The van der Waals surface area contributed by atoms with Crippen LogP contribution in [0.25, 0.3) is 0 Å². The average molecular weight is 348 g/mol. The third kappa shape index (κ3) is 4.01. The topological polar surface area (TPSA) is 47.3 Å². The quantitative estimate of drug-likeness (QED) is 0.859. The highest BCUT2D eigenvalue weighted by atomic mass is 79.9. The van der Waals surface area contributed by atoms with Gasteiger partial charge in [0.25, 0.3) is 0 Å². The molecule has 0 bridgehead atoms. The van der Waals surface area contributed by atoms with E-state index in [0.29, 0.717) is 23.7 Å². The number of hydrogen-bond acceptors (Lipinski definition) is 3. The van der Waals surface area contributed by atoms with Gasteiger partial charge in [0.05, 0.1) is 16.8 Å². The van der Waals surface area contributed by atoms with E-state index in [9.17, 15) is 0 Å². The fourth-order valence-corrected chi connectivity index (χ4v) is 3.46. The number of halogens is 2. The summed E-state index contributed by atoms with van der Waals surface area (Å²) in [5.74, 6) is 0.825. The summed E-state index contributed by atoms with van der Waals surface area (Å²) in [6.07, 6.45) is 4.43. The minimum atomic E-state index is 0.296. The molecule has 2 rings (SSSR count). The fourth-order valence-electron chi connectivity index (χ4n) is 2.54. The van der Waals surface area contributed by atoms with Crippen LogP contribution in [0.5, 0.6) is 5.75 Å². The summed E-state index contributed by atoms with van der Waals surface area (Å²) in [7, 11) is 0. The van der Waals surface area contributed by atoms with Crippen LogP contribution in [0.3, 0.4) is 0 Å². The van der Waals surface area contributed by atoms with E-state index in [2.05, 4.69) is 21.2 Å². The normalized spacial score (nSPS) is 23.2. The summed E-state index contributed by atoms with van der Waals surface area (Å²) < 4.78 is 6.57. The van der Waals surface area contributed by atoms with Crippen molar-refractivity contribution in [1.29, 1.82) is 0 Å². The van der Waals surface area contributed by atoms with Gasteiger partial charge in [0.1, 0.15) is 0 Å². The fraction of sp³-hybridized carbons (Fsp3) is 0.571. The number of hydrogen-bond donors (Lipinski definition) is 2. The lowest BCUT2D eigenvalue weighted by Crippen LogP contribution is -2.35. The number of benzene rings is 1. The molecule has 1 aromatic carbocycles. The highest BCUT2D eigenvalue weighted by Gasteiger charge is 2.21. The van der Waals surface area contributed by atoms with Gasteiger partial charge in [0.2, 0.25) is 0 Å². The van der Waals surface area contributed by atoms with Crippen molar-refractivity contribution >= 4 is 33.2 Å². The van der Waals surface area contributed by atoms with Crippen LogP contribution in [-0.4, -0.2) is 18.7 Å². The van der Waals surface area contributed by atoms with Gasteiger partial charge in [0, 0.05) is 17.1 Å². The first-order valence-electron chi connectivity index (χ1n) is 6.74. The molecule has 0 saturated heterocycles. The Bertz CT molecular complexity index is 442. The van der Waals surface area contributed by atoms with E-state index in [4.69, 9.17) is 22.1 Å². The smallest absolute Gasteiger partial charge is 0.156 e. The molecular formula is C14H20BrClN2O. The molecule has 1 aromatic rings. The second kappa shape index (κ2) is 6.82. The third-order valence-corrected chi connectivity index (χ3v) is 4.18. The van der Waals surface area contributed by atoms with Gasteiger partial charge >= 0.3 is 0 Å². The average Bonchev–Trinajstić information content (AvgIpc) is 2.33. The van der Waals surface area contributed by atoms with E-state index in [0.717, 1.165) is 35.2 Å². The molecule has 106 valence electrons. The highest BCUT2D eigenvalue weighted by Crippen LogP contribution is 2.37. The first-order valence-corrected chi connectivity index (χ1v) is 7.91. The van der Waals surface area contributed by atoms with E-state index in [-0.39, 0.29) is 0 Å². The van der Waals surface area contributed by atoms with E-state index in [1.165, 1.54) is 6.42 Å². The number of ether oxygens (including phenoxy) is 1. The zero-order valence-corrected chi connectivity index (χ0v) is 13.4. The predicted molar refractivity (Wildman–Crippen MR) is 84.2 cm³/mol. The molecule has 19 heavy (non-hydrogen) atoms. The minimum Gasteiger partial charge on any atom is -0.491 e. The maximum Gasteiger partial charge on any atom is 0.156 e. The van der Waals surface area contributed by atoms with Crippen molar-refractivity contribution in [1.82, 2.24) is 0 Å². The van der Waals surface area contributed by atoms with Crippen LogP contribution in [-0.2, 0) is 0 Å². The number of anilines is 1. The van der Waals surface area contributed by atoms with Gasteiger partial charge in [-0.15, -0.1) is 0 Å². The summed E-state index contributed by atoms with van der Waals surface area (Å²) in [6, 6.07) is 4.46. The molecule has 0 aliphatic heterocycles. The molecule has 3 N–H and O–H groups in total. The Morgan fingerprint density at radius 1 is 1.47 bits per heavy atom. The van der Waals surface area contributed by atoms with Crippen LogP contribution in [0, 0.1) is 0 Å². The van der Waals surface area contributed by atoms with Gasteiger partial charge < -0.3 is 15.8 Å². The Labute approximate surface area is 128 Å². The summed E-state index contributed by atoms with van der Waals surface area (Å²) in [6.45, 7) is 2.60. The summed E-state index contributed by atoms with van der Waals surface area (Å²) in [5.41, 5.74) is 6.97. The lowest BCUT2D eigenvalue weighted by Gasteiger charge is -2.29. The van der Waals surface area contributed by atoms with Gasteiger partial charge in [0.15, 0.2) is 5.75 Å². The number of nitrogens with one attached hydrogen (secondary N) is 1. The van der Waals surface area contributed by atoms with Gasteiger partial charge in [-0.25, -0.2) is 0 Å². The van der Waals surface area contributed by atoms with Gasteiger partial charge in [-0.3, -0.25) is 0 Å². The minimum absolute atomic E-state index is 0.296. The van der Waals surface area contributed by atoms with Crippen LogP contribution < -0.4 is 15.8 Å². The maximum atomic E-state index is 6.12. The first-order chi connectivity index (χ1) is 9.10. The molecule has 0 heterocycles. The Kier molecular flexibility index (Phi) is 5.37. The van der Waals surface area contributed by atoms with E-state index in [1.54, 1.807) is 0 Å². The molecule has 2 atom stereocenters. The first kappa shape index (κ1) is 14.9. The lowest BCUT2D eigenvalue weighted by atomic mass is 9.91. The molecule has 0 radical (unpaired) electrons. The molecule has 0 spiro atoms. The van der Waals surface area contributed by atoms with Crippen molar-refractivity contribution in [2.24, 2.45) is 5.73 Å². The number of nitrogens with two attached hydrogens (primary N) is 1. The molecular weight excluding hydrogens is 328 g/mol. The largest absolute Gasteiger partial charge is 0.491 e. The Morgan fingerprint density at radius 3 is 2.95 bits per heavy atom. The van der Waals surface area contributed by atoms with Crippen LogP contribution in [0.1, 0.15) is 32.6 Å². The van der Waals surface area contributed by atoms with Crippen molar-refractivity contribution in [3.8, 4) is 5.75 Å². The summed E-state index contributed by atoms with van der Waals surface area (Å²) >= 11 is 9.62. The SMILES string of the molecule is CCOc1c(Br)cc(Cl)cc1NC1CCCC(N)C1. The second-order valence-electron chi connectivity index (χ2n) is 4.97. The number of rotatable bonds is 4. The van der Waals surface area contributed by atoms with Crippen LogP contribution in [0.4, 0.5) is 5.69 Å². The third-order valence-electron chi connectivity index (χ3n) is 3.37. The van der Waals surface area contributed by atoms with Crippen molar-refractivity contribution in [2.75, 3.05) is 11.9 Å². The zero-order valence-electron chi connectivity index (χ0n) is 11.1. The van der Waals surface area contributed by atoms with Crippen molar-refractivity contribution in [2.45, 2.75) is 44.7 Å². The van der Waals surface area contributed by atoms with Crippen LogP contribution in [0.2, 0.25) is 5.02 Å². The monoisotopic (exact) mass is 346 g/mol. The highest BCUT2D eigenvalue weighted by molar-refractivity contribution is 9.10. The Morgan fingerprint density at radius 2 is 2.26 bits per heavy atom. The summed E-state index contributed by atoms with van der Waals surface area (Å²) in [4.78, 5) is 0. The Balaban J connectivity index is 2.17. The van der Waals surface area contributed by atoms with Crippen LogP contribution in [0.15, 0.2) is 16.6 Å². The molecule has 2 unspecified atom stereocenters. The molecule has 5 heteroatoms. The van der Waals surface area contributed by atoms with Gasteiger partial charge in [-0.05, 0) is 60.7 Å². The van der Waals surface area contributed by atoms with Gasteiger partial charge in [-0.2, -0.15) is 0 Å². The van der Waals surface area contributed by atoms with E-state index < -0.39 is 0 Å². The van der Waals surface area contributed by atoms with Crippen molar-refractivity contribution < 1.29 is 4.74 Å². The standard InChI is InChI=1S/C14H20BrClN2O/c1-2-19-14-12(15)6-9(16)7-13(14)18-11-5-3-4-10(17)8-11/h6-7,10-11,18H,2-5,8,17H2,1H3. The molecule has 1 fully saturated rings. The molecule has 1 aliphatic carbocycles. The van der Waals surface area contributed by atoms with Crippen LogP contribution >= 0.6 is 27.5 Å².